The molecular weight excluding hydrogens is 451 g/mol. The van der Waals surface area contributed by atoms with E-state index in [1.54, 1.807) is 30.3 Å². The number of rotatable bonds is 5. The first-order valence-electron chi connectivity index (χ1n) is 9.60. The van der Waals surface area contributed by atoms with E-state index in [1.165, 1.54) is 19.2 Å². The van der Waals surface area contributed by atoms with Crippen LogP contribution >= 0.6 is 23.2 Å². The van der Waals surface area contributed by atoms with E-state index in [1.807, 2.05) is 25.1 Å². The lowest BCUT2D eigenvalue weighted by atomic mass is 10.1. The second kappa shape index (κ2) is 8.94. The molecule has 162 valence electrons. The van der Waals surface area contributed by atoms with Gasteiger partial charge in [0.1, 0.15) is 5.58 Å². The van der Waals surface area contributed by atoms with Gasteiger partial charge < -0.3 is 19.8 Å². The summed E-state index contributed by atoms with van der Waals surface area (Å²) in [7, 11) is 1.45. The highest BCUT2D eigenvalue weighted by atomic mass is 35.5. The Balaban J connectivity index is 1.48. The van der Waals surface area contributed by atoms with Crippen LogP contribution in [-0.4, -0.2) is 18.9 Å². The Morgan fingerprint density at radius 1 is 0.906 bits per heavy atom. The predicted octanol–water partition coefficient (Wildman–Crippen LogP) is 6.56. The largest absolute Gasteiger partial charge is 0.494 e. The molecule has 3 aromatic carbocycles. The number of nitrogens with one attached hydrogen (secondary N) is 2. The van der Waals surface area contributed by atoms with Gasteiger partial charge in [0.25, 0.3) is 11.8 Å². The molecular formula is C24H18Cl2N2O4. The van der Waals surface area contributed by atoms with Crippen LogP contribution in [0.2, 0.25) is 10.0 Å². The molecule has 2 N–H and O–H groups in total. The van der Waals surface area contributed by atoms with Gasteiger partial charge in [0.05, 0.1) is 17.2 Å². The molecule has 0 radical (unpaired) electrons. The molecule has 0 aliphatic heterocycles. The zero-order chi connectivity index (χ0) is 22.8. The van der Waals surface area contributed by atoms with Gasteiger partial charge in [-0.05, 0) is 55.0 Å². The van der Waals surface area contributed by atoms with Crippen molar-refractivity contribution in [2.45, 2.75) is 6.92 Å². The monoisotopic (exact) mass is 468 g/mol. The first-order valence-corrected chi connectivity index (χ1v) is 10.4. The third-order valence-corrected chi connectivity index (χ3v) is 5.41. The number of hydrogen-bond donors (Lipinski definition) is 2. The minimum atomic E-state index is -0.380. The van der Waals surface area contributed by atoms with Gasteiger partial charge in [-0.2, -0.15) is 0 Å². The molecule has 1 aromatic heterocycles. The summed E-state index contributed by atoms with van der Waals surface area (Å²) >= 11 is 12.2. The number of benzene rings is 3. The first-order chi connectivity index (χ1) is 15.4. The Morgan fingerprint density at radius 2 is 1.62 bits per heavy atom. The van der Waals surface area contributed by atoms with Crippen LogP contribution in [0.15, 0.2) is 65.1 Å². The van der Waals surface area contributed by atoms with E-state index >= 15 is 0 Å². The van der Waals surface area contributed by atoms with Crippen molar-refractivity contribution >= 4 is 57.4 Å². The minimum Gasteiger partial charge on any atom is -0.494 e. The number of halogens is 2. The van der Waals surface area contributed by atoms with Crippen LogP contribution in [0.4, 0.5) is 11.4 Å². The van der Waals surface area contributed by atoms with E-state index in [2.05, 4.69) is 10.6 Å². The van der Waals surface area contributed by atoms with Gasteiger partial charge in [0.2, 0.25) is 0 Å². The third kappa shape index (κ3) is 4.42. The fraction of sp³-hybridized carbons (Fsp3) is 0.0833. The zero-order valence-corrected chi connectivity index (χ0v) is 18.7. The van der Waals surface area contributed by atoms with E-state index in [9.17, 15) is 9.59 Å². The molecule has 6 nitrogen and oxygen atoms in total. The third-order valence-electron chi connectivity index (χ3n) is 4.85. The molecule has 0 spiro atoms. The normalized spacial score (nSPS) is 10.8. The van der Waals surface area contributed by atoms with Crippen LogP contribution in [0.25, 0.3) is 11.0 Å². The lowest BCUT2D eigenvalue weighted by molar-refractivity contribution is 0.0996. The minimum absolute atomic E-state index is 0.219. The second-order valence-corrected chi connectivity index (χ2v) is 7.87. The summed E-state index contributed by atoms with van der Waals surface area (Å²) in [6.45, 7) is 1.82. The number of carbonyl (C=O) groups is 2. The van der Waals surface area contributed by atoms with Crippen LogP contribution < -0.4 is 15.4 Å². The first kappa shape index (κ1) is 21.7. The number of methoxy groups -OCH3 is 1. The van der Waals surface area contributed by atoms with Crippen molar-refractivity contribution < 1.29 is 18.7 Å². The lowest BCUT2D eigenvalue weighted by Gasteiger charge is -2.12. The van der Waals surface area contributed by atoms with Crippen LogP contribution in [0.3, 0.4) is 0 Å². The molecule has 1 heterocycles. The van der Waals surface area contributed by atoms with E-state index in [0.29, 0.717) is 28.3 Å². The number of furan rings is 1. The average molecular weight is 469 g/mol. The highest BCUT2D eigenvalue weighted by molar-refractivity contribution is 6.37. The van der Waals surface area contributed by atoms with Gasteiger partial charge >= 0.3 is 0 Å². The summed E-state index contributed by atoms with van der Waals surface area (Å²) in [5.74, 6) is -0.208. The highest BCUT2D eigenvalue weighted by Gasteiger charge is 2.16. The van der Waals surface area contributed by atoms with Crippen LogP contribution in [-0.2, 0) is 0 Å². The van der Waals surface area contributed by atoms with Gasteiger partial charge in [-0.25, -0.2) is 0 Å². The fourth-order valence-corrected chi connectivity index (χ4v) is 3.89. The summed E-state index contributed by atoms with van der Waals surface area (Å²) in [4.78, 5) is 25.2. The van der Waals surface area contributed by atoms with Gasteiger partial charge in [-0.15, -0.1) is 0 Å². The van der Waals surface area contributed by atoms with Gasteiger partial charge in [0, 0.05) is 22.3 Å². The molecule has 0 aliphatic carbocycles. The summed E-state index contributed by atoms with van der Waals surface area (Å²) in [6, 6.07) is 17.2. The Hall–Kier alpha value is -3.48. The molecule has 4 aromatic rings. The van der Waals surface area contributed by atoms with E-state index < -0.39 is 0 Å². The molecule has 0 bridgehead atoms. The number of ether oxygens (including phenoxy) is 1. The van der Waals surface area contributed by atoms with Crippen LogP contribution in [0.5, 0.6) is 5.75 Å². The van der Waals surface area contributed by atoms with Gasteiger partial charge in [-0.1, -0.05) is 41.4 Å². The van der Waals surface area contributed by atoms with Crippen molar-refractivity contribution in [2.75, 3.05) is 17.7 Å². The topological polar surface area (TPSA) is 80.6 Å². The number of amides is 2. The number of aryl methyl sites for hydroxylation is 1. The fourth-order valence-electron chi connectivity index (χ4n) is 3.25. The van der Waals surface area contributed by atoms with Crippen molar-refractivity contribution in [3.05, 3.63) is 87.6 Å². The molecule has 0 atom stereocenters. The molecule has 0 saturated heterocycles. The maximum absolute atomic E-state index is 12.6. The molecule has 32 heavy (non-hydrogen) atoms. The maximum Gasteiger partial charge on any atom is 0.291 e. The predicted molar refractivity (Wildman–Crippen MR) is 126 cm³/mol. The van der Waals surface area contributed by atoms with Crippen molar-refractivity contribution in [3.8, 4) is 5.75 Å². The summed E-state index contributed by atoms with van der Waals surface area (Å²) in [6.07, 6.45) is 0. The van der Waals surface area contributed by atoms with Crippen LogP contribution in [0, 0.1) is 6.92 Å². The molecule has 2 amide bonds. The number of para-hydroxylation sites is 1. The summed E-state index contributed by atoms with van der Waals surface area (Å²) in [5, 5.41) is 6.96. The summed E-state index contributed by atoms with van der Waals surface area (Å²) < 4.78 is 10.7. The standard InChI is InChI=1S/C24H18Cl2N2O4/c1-13-9-16(27-23(29)15-10-17(25)22(31-2)18(26)11-15)7-8-19(13)28-24(30)21-12-14-5-3-4-6-20(14)32-21/h3-12H,1-2H3,(H,27,29)(H,28,30). The smallest absolute Gasteiger partial charge is 0.291 e. The molecule has 0 aliphatic rings. The molecule has 0 saturated carbocycles. The molecule has 0 unspecified atom stereocenters. The Bertz CT molecular complexity index is 1290. The second-order valence-electron chi connectivity index (χ2n) is 7.06. The maximum atomic E-state index is 12.6. The van der Waals surface area contributed by atoms with Gasteiger partial charge in [-0.3, -0.25) is 9.59 Å². The van der Waals surface area contributed by atoms with Crippen molar-refractivity contribution in [1.82, 2.24) is 0 Å². The van der Waals surface area contributed by atoms with E-state index in [4.69, 9.17) is 32.4 Å². The molecule has 4 rings (SSSR count). The molecule has 8 heteroatoms. The number of carbonyl (C=O) groups excluding carboxylic acids is 2. The number of fused-ring (bicyclic) bond motifs is 1. The van der Waals surface area contributed by atoms with Crippen molar-refractivity contribution in [3.63, 3.8) is 0 Å². The van der Waals surface area contributed by atoms with Crippen LogP contribution in [0.1, 0.15) is 26.5 Å². The Morgan fingerprint density at radius 3 is 2.28 bits per heavy atom. The summed E-state index contributed by atoms with van der Waals surface area (Å²) in [5.41, 5.74) is 2.85. The van der Waals surface area contributed by atoms with E-state index in [0.717, 1.165) is 10.9 Å². The SMILES string of the molecule is COc1c(Cl)cc(C(=O)Nc2ccc(NC(=O)c3cc4ccccc4o3)c(C)c2)cc1Cl. The van der Waals surface area contributed by atoms with Gasteiger partial charge in [0.15, 0.2) is 11.5 Å². The number of anilines is 2. The Kier molecular flexibility index (Phi) is 6.08. The highest BCUT2D eigenvalue weighted by Crippen LogP contribution is 2.34. The zero-order valence-electron chi connectivity index (χ0n) is 17.2. The lowest BCUT2D eigenvalue weighted by Crippen LogP contribution is -2.14. The molecule has 0 fully saturated rings. The van der Waals surface area contributed by atoms with Crippen molar-refractivity contribution in [2.24, 2.45) is 0 Å². The van der Waals surface area contributed by atoms with E-state index in [-0.39, 0.29) is 27.6 Å². The average Bonchev–Trinajstić information content (AvgIpc) is 3.20. The Labute approximate surface area is 194 Å². The quantitative estimate of drug-likeness (QED) is 0.347. The van der Waals surface area contributed by atoms with Crippen molar-refractivity contribution in [1.29, 1.82) is 0 Å². The number of hydrogen-bond acceptors (Lipinski definition) is 4.